The number of carbonyl (C=O) groups excluding carboxylic acids is 4. The van der Waals surface area contributed by atoms with Crippen molar-refractivity contribution in [1.82, 2.24) is 29.9 Å². The first-order valence-corrected chi connectivity index (χ1v) is 16.4. The standard InChI is InChI=1S/C33H46N8O6/c1-24-19-37(2)15-16-39(24)30-18-29(34-22-35-30)36-31(43)28-13-14-40(33(45)46-3)41(28)32(44)27(17-25-9-7-8-10-25)20-38(23-42)47-21-26-11-5-4-6-12-26/h4-6,11-12,18,22-25,27-28H,7-10,13-17,19-21H2,1-3H3,(H,34,35,36,43)/t24-,27-,28+/m1/s1. The van der Waals surface area contributed by atoms with E-state index in [0.717, 1.165) is 55.9 Å². The fourth-order valence-electron chi connectivity index (χ4n) is 6.87. The van der Waals surface area contributed by atoms with Crippen molar-refractivity contribution in [3.8, 4) is 0 Å². The first kappa shape index (κ1) is 34.0. The van der Waals surface area contributed by atoms with Crippen LogP contribution < -0.4 is 10.2 Å². The summed E-state index contributed by atoms with van der Waals surface area (Å²) < 4.78 is 5.00. The predicted octanol–water partition coefficient (Wildman–Crippen LogP) is 2.93. The molecule has 1 saturated carbocycles. The first-order valence-electron chi connectivity index (χ1n) is 16.4. The van der Waals surface area contributed by atoms with E-state index in [1.54, 1.807) is 6.07 Å². The lowest BCUT2D eigenvalue weighted by Crippen LogP contribution is -2.55. The molecule has 14 nitrogen and oxygen atoms in total. The number of hydroxylamine groups is 2. The van der Waals surface area contributed by atoms with E-state index in [-0.39, 0.29) is 38.1 Å². The van der Waals surface area contributed by atoms with E-state index in [1.165, 1.54) is 23.5 Å². The molecule has 0 radical (unpaired) electrons. The topological polar surface area (TPSA) is 141 Å². The average molecular weight is 651 g/mol. The van der Waals surface area contributed by atoms with Crippen LogP contribution in [0.3, 0.4) is 0 Å². The van der Waals surface area contributed by atoms with E-state index < -0.39 is 29.9 Å². The van der Waals surface area contributed by atoms with Crippen LogP contribution in [0.5, 0.6) is 0 Å². The van der Waals surface area contributed by atoms with Gasteiger partial charge in [-0.25, -0.2) is 29.8 Å². The number of carbonyl (C=O) groups is 4. The lowest BCUT2D eigenvalue weighted by atomic mass is 9.92. The lowest BCUT2D eigenvalue weighted by Gasteiger charge is -2.39. The van der Waals surface area contributed by atoms with Crippen molar-refractivity contribution in [2.45, 2.75) is 64.1 Å². The number of hydrazine groups is 1. The van der Waals surface area contributed by atoms with Crippen molar-refractivity contribution in [2.24, 2.45) is 11.8 Å². The van der Waals surface area contributed by atoms with Crippen molar-refractivity contribution < 1.29 is 28.8 Å². The molecular formula is C33H46N8O6. The van der Waals surface area contributed by atoms with Gasteiger partial charge in [-0.15, -0.1) is 0 Å². The molecule has 1 aromatic carbocycles. The van der Waals surface area contributed by atoms with Crippen LogP contribution in [-0.4, -0.2) is 113 Å². The minimum Gasteiger partial charge on any atom is -0.452 e. The molecule has 3 atom stereocenters. The van der Waals surface area contributed by atoms with Gasteiger partial charge >= 0.3 is 6.09 Å². The average Bonchev–Trinajstić information content (AvgIpc) is 3.77. The number of anilines is 2. The Morgan fingerprint density at radius 2 is 1.85 bits per heavy atom. The molecule has 1 N–H and O–H groups in total. The Morgan fingerprint density at radius 1 is 1.09 bits per heavy atom. The SMILES string of the molecule is COC(=O)N1CC[C@@H](C(=O)Nc2cc(N3CCN(C)C[C@H]3C)ncn2)N1C(=O)[C@H](CC1CCCC1)CN(C=O)OCc1ccccc1. The van der Waals surface area contributed by atoms with Crippen LogP contribution in [0, 0.1) is 11.8 Å². The van der Waals surface area contributed by atoms with E-state index in [0.29, 0.717) is 24.5 Å². The van der Waals surface area contributed by atoms with E-state index in [9.17, 15) is 19.2 Å². The highest BCUT2D eigenvalue weighted by Crippen LogP contribution is 2.33. The van der Waals surface area contributed by atoms with Crippen LogP contribution in [0.2, 0.25) is 0 Å². The van der Waals surface area contributed by atoms with Gasteiger partial charge in [0.25, 0.3) is 5.91 Å². The third kappa shape index (κ3) is 8.55. The summed E-state index contributed by atoms with van der Waals surface area (Å²) >= 11 is 0. The van der Waals surface area contributed by atoms with Crippen molar-refractivity contribution in [1.29, 1.82) is 0 Å². The number of piperazine rings is 1. The monoisotopic (exact) mass is 650 g/mol. The Labute approximate surface area is 275 Å². The van der Waals surface area contributed by atoms with Gasteiger partial charge in [0, 0.05) is 38.3 Å². The molecule has 254 valence electrons. The van der Waals surface area contributed by atoms with Gasteiger partial charge in [0.15, 0.2) is 0 Å². The van der Waals surface area contributed by atoms with Crippen molar-refractivity contribution in [2.75, 3.05) is 57.1 Å². The maximum absolute atomic E-state index is 14.4. The Kier molecular flexibility index (Phi) is 11.6. The predicted molar refractivity (Wildman–Crippen MR) is 173 cm³/mol. The summed E-state index contributed by atoms with van der Waals surface area (Å²) in [7, 11) is 3.32. The number of hydrogen-bond acceptors (Lipinski definition) is 10. The number of hydrogen-bond donors (Lipinski definition) is 1. The molecule has 2 saturated heterocycles. The van der Waals surface area contributed by atoms with Crippen molar-refractivity contribution in [3.63, 3.8) is 0 Å². The van der Waals surface area contributed by atoms with E-state index in [4.69, 9.17) is 9.57 Å². The molecule has 1 aliphatic carbocycles. The quantitative estimate of drug-likeness (QED) is 0.269. The molecule has 3 aliphatic rings. The van der Waals surface area contributed by atoms with Gasteiger partial charge in [0.1, 0.15) is 30.6 Å². The molecule has 4 amide bonds. The highest BCUT2D eigenvalue weighted by atomic mass is 16.7. The van der Waals surface area contributed by atoms with Gasteiger partial charge < -0.3 is 19.9 Å². The number of rotatable bonds is 12. The number of nitrogens with zero attached hydrogens (tertiary/aromatic N) is 7. The van der Waals surface area contributed by atoms with Crippen LogP contribution in [0.15, 0.2) is 42.7 Å². The third-order valence-corrected chi connectivity index (χ3v) is 9.31. The van der Waals surface area contributed by atoms with Crippen LogP contribution in [0.4, 0.5) is 16.4 Å². The molecule has 2 aromatic rings. The van der Waals surface area contributed by atoms with Crippen LogP contribution >= 0.6 is 0 Å². The zero-order valence-electron chi connectivity index (χ0n) is 27.5. The molecule has 5 rings (SSSR count). The molecule has 14 heteroatoms. The largest absolute Gasteiger partial charge is 0.452 e. The Balaban J connectivity index is 1.34. The number of nitrogens with one attached hydrogen (secondary N) is 1. The van der Waals surface area contributed by atoms with Gasteiger partial charge in [-0.3, -0.25) is 19.2 Å². The normalized spacial score (nSPS) is 21.0. The molecule has 3 heterocycles. The van der Waals surface area contributed by atoms with E-state index >= 15 is 0 Å². The second-order valence-electron chi connectivity index (χ2n) is 12.7. The second kappa shape index (κ2) is 16.0. The fourth-order valence-corrected chi connectivity index (χ4v) is 6.87. The zero-order valence-corrected chi connectivity index (χ0v) is 27.5. The van der Waals surface area contributed by atoms with Crippen LogP contribution in [0.25, 0.3) is 0 Å². The fraction of sp³-hybridized carbons (Fsp3) is 0.576. The summed E-state index contributed by atoms with van der Waals surface area (Å²) in [4.78, 5) is 72.2. The van der Waals surface area contributed by atoms with Gasteiger partial charge in [0.2, 0.25) is 12.3 Å². The smallest absolute Gasteiger partial charge is 0.428 e. The number of ether oxygens (including phenoxy) is 1. The molecular weight excluding hydrogens is 604 g/mol. The third-order valence-electron chi connectivity index (χ3n) is 9.31. The molecule has 47 heavy (non-hydrogen) atoms. The highest BCUT2D eigenvalue weighted by Gasteiger charge is 2.46. The summed E-state index contributed by atoms with van der Waals surface area (Å²) in [5.41, 5.74) is 0.876. The lowest BCUT2D eigenvalue weighted by molar-refractivity contribution is -0.185. The molecule has 3 fully saturated rings. The molecule has 0 bridgehead atoms. The molecule has 0 spiro atoms. The van der Waals surface area contributed by atoms with Gasteiger partial charge in [-0.05, 0) is 38.3 Å². The summed E-state index contributed by atoms with van der Waals surface area (Å²) in [6, 6.07) is 10.4. The second-order valence-corrected chi connectivity index (χ2v) is 12.7. The Bertz CT molecular complexity index is 1380. The van der Waals surface area contributed by atoms with Crippen LogP contribution in [0.1, 0.15) is 51.0 Å². The highest BCUT2D eigenvalue weighted by molar-refractivity contribution is 5.98. The summed E-state index contributed by atoms with van der Waals surface area (Å²) in [6.07, 6.45) is 6.04. The summed E-state index contributed by atoms with van der Waals surface area (Å²) in [5.74, 6) is -0.349. The summed E-state index contributed by atoms with van der Waals surface area (Å²) in [6.45, 7) is 4.93. The maximum Gasteiger partial charge on any atom is 0.428 e. The maximum atomic E-state index is 14.4. The zero-order chi connectivity index (χ0) is 33.3. The molecule has 1 aromatic heterocycles. The number of aromatic nitrogens is 2. The molecule has 2 aliphatic heterocycles. The van der Waals surface area contributed by atoms with Gasteiger partial charge in [0.05, 0.1) is 19.6 Å². The number of benzene rings is 1. The van der Waals surface area contributed by atoms with E-state index in [2.05, 4.69) is 39.1 Å². The number of amides is 4. The van der Waals surface area contributed by atoms with Crippen molar-refractivity contribution >= 4 is 36.0 Å². The van der Waals surface area contributed by atoms with Crippen LogP contribution in [-0.2, 0) is 30.6 Å². The van der Waals surface area contributed by atoms with Gasteiger partial charge in [-0.1, -0.05) is 56.0 Å². The van der Waals surface area contributed by atoms with Crippen molar-refractivity contribution in [3.05, 3.63) is 48.3 Å². The van der Waals surface area contributed by atoms with E-state index in [1.807, 2.05) is 30.3 Å². The number of likely N-dealkylation sites (N-methyl/N-ethyl adjacent to an activating group) is 1. The Morgan fingerprint density at radius 3 is 2.55 bits per heavy atom. The Hall–Kier alpha value is -4.30. The first-order chi connectivity index (χ1) is 22.8. The number of methoxy groups -OCH3 is 1. The minimum absolute atomic E-state index is 0.0238. The minimum atomic E-state index is -0.997. The van der Waals surface area contributed by atoms with Gasteiger partial charge in [-0.2, -0.15) is 0 Å². The molecule has 0 unspecified atom stereocenters. The summed E-state index contributed by atoms with van der Waals surface area (Å²) in [5, 5.41) is 6.40.